The minimum absolute atomic E-state index is 0.491. The molecule has 1 radical (unpaired) electrons. The molecule has 0 bridgehead atoms. The first-order chi connectivity index (χ1) is 5.36. The zero-order valence-corrected chi connectivity index (χ0v) is 6.34. The Morgan fingerprint density at radius 1 is 1.27 bits per heavy atom. The molecule has 0 unspecified atom stereocenters. The fourth-order valence-electron chi connectivity index (χ4n) is 0.901. The van der Waals surface area contributed by atoms with E-state index in [1.54, 1.807) is 24.5 Å². The number of rotatable bonds is 0. The molecule has 0 aliphatic heterocycles. The second-order valence-electron chi connectivity index (χ2n) is 2.17. The maximum Gasteiger partial charge on any atom is 0.129 e. The molecule has 2 rings (SSSR count). The van der Waals surface area contributed by atoms with Gasteiger partial charge < -0.3 is 0 Å². The lowest BCUT2D eigenvalue weighted by atomic mass is 10.2. The first kappa shape index (κ1) is 6.55. The summed E-state index contributed by atoms with van der Waals surface area (Å²) in [5, 5.41) is 2.48. The van der Waals surface area contributed by atoms with Crippen molar-refractivity contribution >= 4 is 22.4 Å². The van der Waals surface area contributed by atoms with Crippen molar-refractivity contribution in [3.8, 4) is 0 Å². The average molecular weight is 164 g/mol. The van der Waals surface area contributed by atoms with Crippen LogP contribution < -0.4 is 0 Å². The van der Waals surface area contributed by atoms with Gasteiger partial charge in [-0.25, -0.2) is 4.98 Å². The van der Waals surface area contributed by atoms with E-state index in [4.69, 9.17) is 11.6 Å². The molecule has 0 fully saturated rings. The molecule has 2 aromatic heterocycles. The van der Waals surface area contributed by atoms with Crippen LogP contribution in [0.15, 0.2) is 24.5 Å². The van der Waals surface area contributed by atoms with Crippen LogP contribution in [-0.2, 0) is 0 Å². The smallest absolute Gasteiger partial charge is 0.129 e. The van der Waals surface area contributed by atoms with Crippen LogP contribution in [0.2, 0.25) is 5.15 Å². The molecule has 53 valence electrons. The number of aromatic nitrogens is 2. The Morgan fingerprint density at radius 3 is 3.09 bits per heavy atom. The van der Waals surface area contributed by atoms with Crippen LogP contribution in [0.4, 0.5) is 0 Å². The monoisotopic (exact) mass is 163 g/mol. The van der Waals surface area contributed by atoms with Gasteiger partial charge in [-0.3, -0.25) is 4.98 Å². The zero-order chi connectivity index (χ0) is 7.68. The maximum atomic E-state index is 5.67. The second kappa shape index (κ2) is 2.47. The predicted molar refractivity (Wildman–Crippen MR) is 43.4 cm³/mol. The van der Waals surface area contributed by atoms with Crippen molar-refractivity contribution in [1.82, 2.24) is 9.97 Å². The second-order valence-corrected chi connectivity index (χ2v) is 2.55. The van der Waals surface area contributed by atoms with Crippen LogP contribution in [0.3, 0.4) is 0 Å². The summed E-state index contributed by atoms with van der Waals surface area (Å²) in [6, 6.07) is 3.55. The molecule has 0 aliphatic rings. The molecule has 2 nitrogen and oxygen atoms in total. The molecule has 0 spiro atoms. The van der Waals surface area contributed by atoms with Gasteiger partial charge in [-0.2, -0.15) is 0 Å². The van der Waals surface area contributed by atoms with Gasteiger partial charge in [-0.05, 0) is 12.1 Å². The summed E-state index contributed by atoms with van der Waals surface area (Å²) in [4.78, 5) is 7.77. The summed E-state index contributed by atoms with van der Waals surface area (Å²) in [7, 11) is 0. The fraction of sp³-hybridized carbons (Fsp3) is 0. The highest BCUT2D eigenvalue weighted by atomic mass is 35.5. The Hall–Kier alpha value is -1.15. The highest BCUT2D eigenvalue weighted by Crippen LogP contribution is 2.14. The van der Waals surface area contributed by atoms with Crippen LogP contribution in [0.25, 0.3) is 10.8 Å². The lowest BCUT2D eigenvalue weighted by molar-refractivity contribution is 1.31. The number of fused-ring (bicyclic) bond motifs is 1. The first-order valence-electron chi connectivity index (χ1n) is 3.13. The van der Waals surface area contributed by atoms with E-state index in [0.717, 1.165) is 10.8 Å². The first-order valence-corrected chi connectivity index (χ1v) is 3.51. The lowest BCUT2D eigenvalue weighted by Crippen LogP contribution is -1.78. The van der Waals surface area contributed by atoms with Crippen molar-refractivity contribution in [2.75, 3.05) is 0 Å². The lowest BCUT2D eigenvalue weighted by Gasteiger charge is -1.93. The van der Waals surface area contributed by atoms with Crippen LogP contribution in [0.1, 0.15) is 0 Å². The molecule has 2 heterocycles. The Balaban J connectivity index is 2.83. The Labute approximate surface area is 68.9 Å². The molecule has 2 aromatic rings. The van der Waals surface area contributed by atoms with Crippen molar-refractivity contribution in [2.24, 2.45) is 0 Å². The van der Waals surface area contributed by atoms with Gasteiger partial charge in [0.1, 0.15) is 5.15 Å². The largest absolute Gasteiger partial charge is 0.254 e. The highest BCUT2D eigenvalue weighted by molar-refractivity contribution is 6.30. The summed E-state index contributed by atoms with van der Waals surface area (Å²) in [5.74, 6) is 0. The summed E-state index contributed by atoms with van der Waals surface area (Å²) < 4.78 is 0. The third-order valence-corrected chi connectivity index (χ3v) is 1.64. The van der Waals surface area contributed by atoms with Crippen LogP contribution in [0.5, 0.6) is 0 Å². The van der Waals surface area contributed by atoms with Gasteiger partial charge in [0.15, 0.2) is 0 Å². The van der Waals surface area contributed by atoms with Crippen LogP contribution >= 0.6 is 11.6 Å². The van der Waals surface area contributed by atoms with Gasteiger partial charge in [-0.15, -0.1) is 0 Å². The summed E-state index contributed by atoms with van der Waals surface area (Å²) >= 11 is 5.67. The number of nitrogens with zero attached hydrogens (tertiary/aromatic N) is 2. The van der Waals surface area contributed by atoms with Gasteiger partial charge in [0.25, 0.3) is 0 Å². The van der Waals surface area contributed by atoms with Crippen LogP contribution in [-0.4, -0.2) is 9.97 Å². The van der Waals surface area contributed by atoms with E-state index in [-0.39, 0.29) is 0 Å². The van der Waals surface area contributed by atoms with E-state index in [2.05, 4.69) is 16.2 Å². The van der Waals surface area contributed by atoms with Crippen molar-refractivity contribution in [3.05, 3.63) is 35.9 Å². The minimum atomic E-state index is 0.491. The topological polar surface area (TPSA) is 25.8 Å². The average Bonchev–Trinajstić information content (AvgIpc) is 2.04. The molecular formula is C8H4ClN2. The van der Waals surface area contributed by atoms with E-state index in [9.17, 15) is 0 Å². The van der Waals surface area contributed by atoms with Gasteiger partial charge in [0.2, 0.25) is 0 Å². The standard InChI is InChI=1S/C8H4ClN2/c9-8-3-7-4-10-2-1-6(7)5-11-8/h1,3-5H. The predicted octanol–water partition coefficient (Wildman–Crippen LogP) is 2.08. The molecule has 0 saturated heterocycles. The SMILES string of the molecule is Clc1cc2cn[c]cc2cn1. The van der Waals surface area contributed by atoms with E-state index in [1.807, 2.05) is 0 Å². The van der Waals surface area contributed by atoms with E-state index >= 15 is 0 Å². The molecule has 0 aromatic carbocycles. The van der Waals surface area contributed by atoms with Gasteiger partial charge >= 0.3 is 0 Å². The van der Waals surface area contributed by atoms with Crippen molar-refractivity contribution in [2.45, 2.75) is 0 Å². The Kier molecular flexibility index (Phi) is 1.47. The maximum absolute atomic E-state index is 5.67. The molecular weight excluding hydrogens is 160 g/mol. The highest BCUT2D eigenvalue weighted by Gasteiger charge is 1.93. The van der Waals surface area contributed by atoms with Crippen molar-refractivity contribution < 1.29 is 0 Å². The number of pyridine rings is 2. The number of halogens is 1. The molecule has 0 N–H and O–H groups in total. The Morgan fingerprint density at radius 2 is 2.18 bits per heavy atom. The van der Waals surface area contributed by atoms with Gasteiger partial charge in [-0.1, -0.05) is 11.6 Å². The van der Waals surface area contributed by atoms with E-state index < -0.39 is 0 Å². The van der Waals surface area contributed by atoms with E-state index in [1.165, 1.54) is 0 Å². The molecule has 0 amide bonds. The van der Waals surface area contributed by atoms with Crippen LogP contribution in [0, 0.1) is 6.20 Å². The van der Waals surface area contributed by atoms with Gasteiger partial charge in [0.05, 0.1) is 6.20 Å². The molecule has 3 heteroatoms. The third-order valence-electron chi connectivity index (χ3n) is 1.43. The summed E-state index contributed by atoms with van der Waals surface area (Å²) in [6.07, 6.45) is 6.14. The van der Waals surface area contributed by atoms with Gasteiger partial charge in [0, 0.05) is 23.2 Å². The molecule has 0 aliphatic carbocycles. The normalized spacial score (nSPS) is 10.3. The molecule has 0 saturated carbocycles. The summed E-state index contributed by atoms with van der Waals surface area (Å²) in [6.45, 7) is 0. The van der Waals surface area contributed by atoms with Crippen molar-refractivity contribution in [1.29, 1.82) is 0 Å². The number of hydrogen-bond acceptors (Lipinski definition) is 2. The fourth-order valence-corrected chi connectivity index (χ4v) is 1.07. The molecule has 11 heavy (non-hydrogen) atoms. The zero-order valence-electron chi connectivity index (χ0n) is 5.58. The molecule has 0 atom stereocenters. The Bertz CT molecular complexity index is 387. The number of hydrogen-bond donors (Lipinski definition) is 0. The van der Waals surface area contributed by atoms with E-state index in [0.29, 0.717) is 5.15 Å². The van der Waals surface area contributed by atoms with Crippen molar-refractivity contribution in [3.63, 3.8) is 0 Å². The quantitative estimate of drug-likeness (QED) is 0.556. The third kappa shape index (κ3) is 1.17. The summed E-state index contributed by atoms with van der Waals surface area (Å²) in [5.41, 5.74) is 0. The minimum Gasteiger partial charge on any atom is -0.254 e.